The molecule has 6 heteroatoms. The summed E-state index contributed by atoms with van der Waals surface area (Å²) < 4.78 is 25.4. The summed E-state index contributed by atoms with van der Waals surface area (Å²) in [5.41, 5.74) is 12.3. The van der Waals surface area contributed by atoms with Gasteiger partial charge < -0.3 is 11.5 Å². The first kappa shape index (κ1) is 11.6. The summed E-state index contributed by atoms with van der Waals surface area (Å²) in [5.74, 6) is 0. The average molecular weight is 229 g/mol. The molecular weight excluding hydrogens is 214 g/mol. The van der Waals surface area contributed by atoms with Gasteiger partial charge in [0.2, 0.25) is 10.0 Å². The normalized spacial score (nSPS) is 11.7. The Labute approximate surface area is 89.5 Å². The molecule has 0 saturated carbocycles. The second-order valence-electron chi connectivity index (χ2n) is 3.54. The number of nitrogen functional groups attached to an aromatic ring is 2. The van der Waals surface area contributed by atoms with E-state index in [1.807, 2.05) is 0 Å². The zero-order chi connectivity index (χ0) is 11.6. The lowest BCUT2D eigenvalue weighted by molar-refractivity contribution is 0.593. The van der Waals surface area contributed by atoms with Gasteiger partial charge in [0.25, 0.3) is 0 Å². The Morgan fingerprint density at radius 1 is 1.20 bits per heavy atom. The molecule has 0 fully saturated rings. The molecule has 0 amide bonds. The van der Waals surface area contributed by atoms with Crippen molar-refractivity contribution in [2.45, 2.75) is 19.1 Å². The maximum atomic E-state index is 11.5. The van der Waals surface area contributed by atoms with Crippen LogP contribution >= 0.6 is 0 Å². The first-order valence-electron chi connectivity index (χ1n) is 4.49. The van der Waals surface area contributed by atoms with Gasteiger partial charge in [0.1, 0.15) is 0 Å². The number of hydrogen-bond acceptors (Lipinski definition) is 4. The molecule has 0 heterocycles. The quantitative estimate of drug-likeness (QED) is 0.673. The van der Waals surface area contributed by atoms with E-state index in [1.165, 1.54) is 6.07 Å². The van der Waals surface area contributed by atoms with Crippen molar-refractivity contribution in [3.8, 4) is 0 Å². The number of hydrogen-bond donors (Lipinski definition) is 3. The lowest BCUT2D eigenvalue weighted by Crippen LogP contribution is -2.22. The van der Waals surface area contributed by atoms with Crippen LogP contribution in [0.2, 0.25) is 0 Å². The molecule has 15 heavy (non-hydrogen) atoms. The van der Waals surface area contributed by atoms with E-state index in [9.17, 15) is 8.42 Å². The summed E-state index contributed by atoms with van der Waals surface area (Å²) in [6, 6.07) is 4.63. The molecule has 0 aliphatic heterocycles. The first-order valence-corrected chi connectivity index (χ1v) is 6.04. The molecule has 0 spiro atoms. The van der Waals surface area contributed by atoms with E-state index in [0.29, 0.717) is 17.1 Å². The van der Waals surface area contributed by atoms with Gasteiger partial charge in [0.15, 0.2) is 0 Å². The molecule has 0 aliphatic carbocycles. The third-order valence-corrected chi connectivity index (χ3v) is 3.73. The second-order valence-corrected chi connectivity index (χ2v) is 5.78. The fourth-order valence-corrected chi connectivity index (χ4v) is 1.61. The van der Waals surface area contributed by atoms with Crippen molar-refractivity contribution in [3.05, 3.63) is 18.2 Å². The molecule has 1 aromatic rings. The van der Waals surface area contributed by atoms with E-state index in [0.717, 1.165) is 0 Å². The largest absolute Gasteiger partial charge is 0.397 e. The van der Waals surface area contributed by atoms with Crippen LogP contribution in [0.15, 0.2) is 18.2 Å². The summed E-state index contributed by atoms with van der Waals surface area (Å²) in [7, 11) is -3.33. The Kier molecular flexibility index (Phi) is 3.09. The molecule has 1 rings (SSSR count). The summed E-state index contributed by atoms with van der Waals surface area (Å²) >= 11 is 0. The number of sulfonamides is 1. The highest BCUT2D eigenvalue weighted by molar-refractivity contribution is 7.93. The molecule has 84 valence electrons. The molecule has 0 unspecified atom stereocenters. The molecule has 0 radical (unpaired) electrons. The van der Waals surface area contributed by atoms with E-state index < -0.39 is 15.3 Å². The predicted octanol–water partition coefficient (Wildman–Crippen LogP) is 1.00. The topological polar surface area (TPSA) is 98.2 Å². The lowest BCUT2D eigenvalue weighted by Gasteiger charge is -2.11. The Morgan fingerprint density at radius 3 is 2.27 bits per heavy atom. The van der Waals surface area contributed by atoms with Crippen LogP contribution in [0, 0.1) is 0 Å². The zero-order valence-electron chi connectivity index (χ0n) is 8.69. The van der Waals surface area contributed by atoms with Gasteiger partial charge >= 0.3 is 0 Å². The molecule has 0 bridgehead atoms. The number of nitrogens with two attached hydrogens (primary N) is 2. The molecule has 5 nitrogen and oxygen atoms in total. The average Bonchev–Trinajstić information content (AvgIpc) is 2.10. The third kappa shape index (κ3) is 2.76. The van der Waals surface area contributed by atoms with E-state index in [4.69, 9.17) is 11.5 Å². The SMILES string of the molecule is CC(C)S(=O)(=O)Nc1ccc(N)c(N)c1. The Bertz CT molecular complexity index is 454. The number of rotatable bonds is 3. The van der Waals surface area contributed by atoms with Gasteiger partial charge in [-0.25, -0.2) is 8.42 Å². The van der Waals surface area contributed by atoms with Crippen molar-refractivity contribution in [1.82, 2.24) is 0 Å². The molecule has 0 aromatic heterocycles. The van der Waals surface area contributed by atoms with E-state index in [1.54, 1.807) is 26.0 Å². The van der Waals surface area contributed by atoms with Gasteiger partial charge in [0.05, 0.1) is 22.3 Å². The van der Waals surface area contributed by atoms with Crippen LogP contribution < -0.4 is 16.2 Å². The van der Waals surface area contributed by atoms with Gasteiger partial charge in [-0.1, -0.05) is 0 Å². The number of anilines is 3. The lowest BCUT2D eigenvalue weighted by atomic mass is 10.2. The van der Waals surface area contributed by atoms with Crippen molar-refractivity contribution >= 4 is 27.1 Å². The van der Waals surface area contributed by atoms with Crippen LogP contribution in [0.3, 0.4) is 0 Å². The standard InChI is InChI=1S/C9H15N3O2S/c1-6(2)15(13,14)12-7-3-4-8(10)9(11)5-7/h3-6,12H,10-11H2,1-2H3. The van der Waals surface area contributed by atoms with Gasteiger partial charge in [-0.15, -0.1) is 0 Å². The minimum atomic E-state index is -3.33. The smallest absolute Gasteiger partial charge is 0.235 e. The highest BCUT2D eigenvalue weighted by atomic mass is 32.2. The second kappa shape index (κ2) is 3.98. The van der Waals surface area contributed by atoms with Gasteiger partial charge in [-0.2, -0.15) is 0 Å². The van der Waals surface area contributed by atoms with Crippen LogP contribution in [-0.4, -0.2) is 13.7 Å². The van der Waals surface area contributed by atoms with Gasteiger partial charge in [-0.3, -0.25) is 4.72 Å². The van der Waals surface area contributed by atoms with Crippen LogP contribution in [0.1, 0.15) is 13.8 Å². The monoisotopic (exact) mass is 229 g/mol. The van der Waals surface area contributed by atoms with Crippen LogP contribution in [0.4, 0.5) is 17.1 Å². The van der Waals surface area contributed by atoms with Crippen molar-refractivity contribution in [3.63, 3.8) is 0 Å². The highest BCUT2D eigenvalue weighted by Gasteiger charge is 2.15. The minimum Gasteiger partial charge on any atom is -0.397 e. The highest BCUT2D eigenvalue weighted by Crippen LogP contribution is 2.21. The fourth-order valence-electron chi connectivity index (χ4n) is 0.920. The van der Waals surface area contributed by atoms with Gasteiger partial charge in [0, 0.05) is 0 Å². The summed E-state index contributed by atoms with van der Waals surface area (Å²) in [6.45, 7) is 3.20. The number of benzene rings is 1. The third-order valence-electron chi connectivity index (χ3n) is 1.97. The zero-order valence-corrected chi connectivity index (χ0v) is 9.51. The van der Waals surface area contributed by atoms with E-state index in [-0.39, 0.29) is 0 Å². The predicted molar refractivity (Wildman–Crippen MR) is 62.9 cm³/mol. The molecule has 1 aromatic carbocycles. The molecular formula is C9H15N3O2S. The molecule has 0 atom stereocenters. The van der Waals surface area contributed by atoms with E-state index >= 15 is 0 Å². The maximum absolute atomic E-state index is 11.5. The molecule has 0 aliphatic rings. The summed E-state index contributed by atoms with van der Waals surface area (Å²) in [4.78, 5) is 0. The molecule has 0 saturated heterocycles. The van der Waals surface area contributed by atoms with Gasteiger partial charge in [-0.05, 0) is 32.0 Å². The Balaban J connectivity index is 2.96. The summed E-state index contributed by atoms with van der Waals surface area (Å²) in [6.07, 6.45) is 0. The van der Waals surface area contributed by atoms with Crippen LogP contribution in [-0.2, 0) is 10.0 Å². The summed E-state index contributed by atoms with van der Waals surface area (Å²) in [5, 5.41) is -0.490. The van der Waals surface area contributed by atoms with Crippen molar-refractivity contribution in [2.24, 2.45) is 0 Å². The van der Waals surface area contributed by atoms with Crippen LogP contribution in [0.25, 0.3) is 0 Å². The Hall–Kier alpha value is -1.43. The van der Waals surface area contributed by atoms with Crippen LogP contribution in [0.5, 0.6) is 0 Å². The van der Waals surface area contributed by atoms with Crippen molar-refractivity contribution < 1.29 is 8.42 Å². The van der Waals surface area contributed by atoms with Crippen molar-refractivity contribution in [2.75, 3.05) is 16.2 Å². The van der Waals surface area contributed by atoms with Crippen molar-refractivity contribution in [1.29, 1.82) is 0 Å². The molecule has 5 N–H and O–H groups in total. The minimum absolute atomic E-state index is 0.360. The number of nitrogens with one attached hydrogen (secondary N) is 1. The Morgan fingerprint density at radius 2 is 1.80 bits per heavy atom. The fraction of sp³-hybridized carbons (Fsp3) is 0.333. The maximum Gasteiger partial charge on any atom is 0.235 e. The first-order chi connectivity index (χ1) is 6.83. The van der Waals surface area contributed by atoms with E-state index in [2.05, 4.69) is 4.72 Å².